The molecule has 6 nitrogen and oxygen atoms in total. The standard InChI is InChI=1S/C19H17NO5/c21-10-9-20-16(13-7-4-8-14(22)11-13)15(18(24)19(20)25)17(23)12-5-2-1-3-6-12/h1-8,11,16,21-23H,9-10H2/b17-15-. The summed E-state index contributed by atoms with van der Waals surface area (Å²) in [5.74, 6) is -1.91. The van der Waals surface area contributed by atoms with Crippen molar-refractivity contribution < 1.29 is 24.9 Å². The predicted octanol–water partition coefficient (Wildman–Crippen LogP) is 1.81. The minimum atomic E-state index is -0.876. The molecule has 0 radical (unpaired) electrons. The molecule has 1 unspecified atom stereocenters. The Kier molecular flexibility index (Phi) is 4.54. The number of nitrogens with zero attached hydrogens (tertiary/aromatic N) is 1. The van der Waals surface area contributed by atoms with Crippen LogP contribution >= 0.6 is 0 Å². The molecule has 3 rings (SSSR count). The average molecular weight is 339 g/mol. The summed E-state index contributed by atoms with van der Waals surface area (Å²) in [5.41, 5.74) is 0.829. The van der Waals surface area contributed by atoms with Gasteiger partial charge < -0.3 is 20.2 Å². The minimum Gasteiger partial charge on any atom is -0.508 e. The third-order valence-corrected chi connectivity index (χ3v) is 4.11. The molecule has 3 N–H and O–H groups in total. The highest BCUT2D eigenvalue weighted by Gasteiger charge is 2.45. The first kappa shape index (κ1) is 16.7. The van der Waals surface area contributed by atoms with E-state index in [0.717, 1.165) is 0 Å². The molecule has 1 amide bonds. The number of aliphatic hydroxyl groups is 2. The second-order valence-corrected chi connectivity index (χ2v) is 5.68. The minimum absolute atomic E-state index is 0.0215. The first-order valence-electron chi connectivity index (χ1n) is 7.78. The fraction of sp³-hybridized carbons (Fsp3) is 0.158. The van der Waals surface area contributed by atoms with E-state index in [0.29, 0.717) is 11.1 Å². The van der Waals surface area contributed by atoms with E-state index in [-0.39, 0.29) is 30.2 Å². The van der Waals surface area contributed by atoms with Gasteiger partial charge in [-0.1, -0.05) is 42.5 Å². The number of phenols is 1. The number of Topliss-reactive ketones (excluding diaryl/α,β-unsaturated/α-hetero) is 1. The van der Waals surface area contributed by atoms with E-state index < -0.39 is 17.7 Å². The Hall–Kier alpha value is -3.12. The Balaban J connectivity index is 2.20. The number of phenolic OH excluding ortho intramolecular Hbond substituents is 1. The molecule has 1 heterocycles. The lowest BCUT2D eigenvalue weighted by molar-refractivity contribution is -0.140. The highest BCUT2D eigenvalue weighted by atomic mass is 16.3. The van der Waals surface area contributed by atoms with E-state index in [1.54, 1.807) is 42.5 Å². The first-order valence-corrected chi connectivity index (χ1v) is 7.78. The Morgan fingerprint density at radius 1 is 1.04 bits per heavy atom. The molecular weight excluding hydrogens is 322 g/mol. The zero-order valence-electron chi connectivity index (χ0n) is 13.3. The van der Waals surface area contributed by atoms with Crippen LogP contribution in [0, 0.1) is 0 Å². The van der Waals surface area contributed by atoms with Gasteiger partial charge in [0.2, 0.25) is 0 Å². The van der Waals surface area contributed by atoms with Crippen molar-refractivity contribution in [3.8, 4) is 5.75 Å². The van der Waals surface area contributed by atoms with Crippen molar-refractivity contribution in [2.24, 2.45) is 0 Å². The summed E-state index contributed by atoms with van der Waals surface area (Å²) < 4.78 is 0. The van der Waals surface area contributed by atoms with Crippen LogP contribution in [0.2, 0.25) is 0 Å². The molecule has 1 aliphatic heterocycles. The van der Waals surface area contributed by atoms with Crippen molar-refractivity contribution in [2.75, 3.05) is 13.2 Å². The van der Waals surface area contributed by atoms with Crippen LogP contribution in [-0.2, 0) is 9.59 Å². The lowest BCUT2D eigenvalue weighted by Gasteiger charge is -2.24. The van der Waals surface area contributed by atoms with Crippen molar-refractivity contribution >= 4 is 17.4 Å². The number of β-amino-alcohol motifs (C(OH)–C–C–N with tert-alkyl or cyclic N) is 1. The summed E-state index contributed by atoms with van der Waals surface area (Å²) >= 11 is 0. The summed E-state index contributed by atoms with van der Waals surface area (Å²) in [6, 6.07) is 13.7. The van der Waals surface area contributed by atoms with Gasteiger partial charge >= 0.3 is 0 Å². The molecule has 2 aromatic rings. The third kappa shape index (κ3) is 2.99. The number of benzene rings is 2. The third-order valence-electron chi connectivity index (χ3n) is 4.11. The van der Waals surface area contributed by atoms with Crippen molar-refractivity contribution in [3.05, 3.63) is 71.3 Å². The van der Waals surface area contributed by atoms with Gasteiger partial charge in [-0.25, -0.2) is 0 Å². The molecule has 128 valence electrons. The van der Waals surface area contributed by atoms with Crippen molar-refractivity contribution in [1.82, 2.24) is 4.90 Å². The van der Waals surface area contributed by atoms with E-state index >= 15 is 0 Å². The molecule has 25 heavy (non-hydrogen) atoms. The number of carbonyl (C=O) groups excluding carboxylic acids is 2. The maximum Gasteiger partial charge on any atom is 0.295 e. The zero-order valence-corrected chi connectivity index (χ0v) is 13.3. The van der Waals surface area contributed by atoms with E-state index in [9.17, 15) is 24.9 Å². The number of aromatic hydroxyl groups is 1. The van der Waals surface area contributed by atoms with E-state index in [2.05, 4.69) is 0 Å². The van der Waals surface area contributed by atoms with Gasteiger partial charge in [0.25, 0.3) is 11.7 Å². The van der Waals surface area contributed by atoms with Gasteiger partial charge in [0, 0.05) is 12.1 Å². The molecule has 6 heteroatoms. The molecule has 1 atom stereocenters. The second-order valence-electron chi connectivity index (χ2n) is 5.68. The fourth-order valence-corrected chi connectivity index (χ4v) is 3.01. The summed E-state index contributed by atoms with van der Waals surface area (Å²) in [4.78, 5) is 26.1. The van der Waals surface area contributed by atoms with Crippen LogP contribution in [0.15, 0.2) is 60.2 Å². The van der Waals surface area contributed by atoms with E-state index in [1.165, 1.54) is 17.0 Å². The summed E-state index contributed by atoms with van der Waals surface area (Å²) in [6.07, 6.45) is 0. The molecule has 1 aliphatic rings. The summed E-state index contributed by atoms with van der Waals surface area (Å²) in [5, 5.41) is 29.7. The summed E-state index contributed by atoms with van der Waals surface area (Å²) in [7, 11) is 0. The number of rotatable bonds is 4. The SMILES string of the molecule is O=C1C(=O)N(CCO)C(c2cccc(O)c2)/C1=C(/O)c1ccccc1. The molecule has 0 bridgehead atoms. The Labute approximate surface area is 144 Å². The fourth-order valence-electron chi connectivity index (χ4n) is 3.01. The molecule has 0 aliphatic carbocycles. The summed E-state index contributed by atoms with van der Waals surface area (Å²) in [6.45, 7) is -0.385. The quantitative estimate of drug-likeness (QED) is 0.448. The molecule has 1 saturated heterocycles. The highest BCUT2D eigenvalue weighted by molar-refractivity contribution is 6.46. The van der Waals surface area contributed by atoms with E-state index in [1.807, 2.05) is 0 Å². The van der Waals surface area contributed by atoms with Crippen LogP contribution in [0.5, 0.6) is 5.75 Å². The topological polar surface area (TPSA) is 98.1 Å². The Bertz CT molecular complexity index is 844. The maximum atomic E-state index is 12.5. The zero-order chi connectivity index (χ0) is 18.0. The molecular formula is C19H17NO5. The van der Waals surface area contributed by atoms with Gasteiger partial charge in [0.15, 0.2) is 0 Å². The van der Waals surface area contributed by atoms with E-state index in [4.69, 9.17) is 0 Å². The lowest BCUT2D eigenvalue weighted by Crippen LogP contribution is -2.32. The Morgan fingerprint density at radius 3 is 2.40 bits per heavy atom. The van der Waals surface area contributed by atoms with Gasteiger partial charge in [-0.05, 0) is 17.7 Å². The lowest BCUT2D eigenvalue weighted by atomic mass is 9.95. The number of aliphatic hydroxyl groups excluding tert-OH is 2. The number of ketones is 1. The van der Waals surface area contributed by atoms with Crippen LogP contribution in [0.1, 0.15) is 17.2 Å². The van der Waals surface area contributed by atoms with Crippen molar-refractivity contribution in [2.45, 2.75) is 6.04 Å². The molecule has 2 aromatic carbocycles. The van der Waals surface area contributed by atoms with Gasteiger partial charge in [0.05, 0.1) is 18.2 Å². The van der Waals surface area contributed by atoms with Crippen LogP contribution in [0.3, 0.4) is 0 Å². The van der Waals surface area contributed by atoms with Gasteiger partial charge in [0.1, 0.15) is 11.5 Å². The number of hydrogen-bond acceptors (Lipinski definition) is 5. The van der Waals surface area contributed by atoms with Gasteiger partial charge in [-0.3, -0.25) is 9.59 Å². The number of amides is 1. The largest absolute Gasteiger partial charge is 0.508 e. The van der Waals surface area contributed by atoms with Gasteiger partial charge in [-0.2, -0.15) is 0 Å². The molecule has 0 aromatic heterocycles. The van der Waals surface area contributed by atoms with Crippen molar-refractivity contribution in [3.63, 3.8) is 0 Å². The first-order chi connectivity index (χ1) is 12.0. The highest BCUT2D eigenvalue weighted by Crippen LogP contribution is 2.39. The molecule has 1 fully saturated rings. The van der Waals surface area contributed by atoms with Crippen molar-refractivity contribution in [1.29, 1.82) is 0 Å². The molecule has 0 saturated carbocycles. The smallest absolute Gasteiger partial charge is 0.295 e. The number of carbonyl (C=O) groups is 2. The Morgan fingerprint density at radius 2 is 1.76 bits per heavy atom. The van der Waals surface area contributed by atoms with Crippen LogP contribution in [0.25, 0.3) is 5.76 Å². The van der Waals surface area contributed by atoms with Gasteiger partial charge in [-0.15, -0.1) is 0 Å². The number of likely N-dealkylation sites (tertiary alicyclic amines) is 1. The van der Waals surface area contributed by atoms with Crippen LogP contribution < -0.4 is 0 Å². The number of hydrogen-bond donors (Lipinski definition) is 3. The maximum absolute atomic E-state index is 12.5. The van der Waals surface area contributed by atoms with Crippen LogP contribution in [0.4, 0.5) is 0 Å². The second kappa shape index (κ2) is 6.78. The molecule has 0 spiro atoms. The average Bonchev–Trinajstić information content (AvgIpc) is 2.87. The normalized spacial score (nSPS) is 19.4. The van der Waals surface area contributed by atoms with Crippen LogP contribution in [-0.4, -0.2) is 45.1 Å². The predicted molar refractivity (Wildman–Crippen MR) is 90.6 cm³/mol. The monoisotopic (exact) mass is 339 g/mol.